The van der Waals surface area contributed by atoms with Gasteiger partial charge in [0.05, 0.1) is 14.2 Å². The van der Waals surface area contributed by atoms with Crippen LogP contribution >= 0.6 is 15.9 Å². The fourth-order valence-electron chi connectivity index (χ4n) is 3.26. The first-order valence-electron chi connectivity index (χ1n) is 8.08. The molecule has 0 saturated carbocycles. The average molecular weight is 396 g/mol. The van der Waals surface area contributed by atoms with E-state index in [9.17, 15) is 0 Å². The standard InChI is InChI=1S/C21H18BrNO2/c1-24-16-7-9-20-18(11-16)19-12-17(25-2)8-10-21(19)23(20)13-14-3-5-15(22)6-4-14/h3-12H,13H2,1-2H3. The molecule has 0 unspecified atom stereocenters. The van der Waals surface area contributed by atoms with Gasteiger partial charge in [0.1, 0.15) is 11.5 Å². The second-order valence-electron chi connectivity index (χ2n) is 5.98. The Morgan fingerprint density at radius 3 is 1.76 bits per heavy atom. The molecule has 4 aromatic rings. The Bertz CT molecular complexity index is 990. The van der Waals surface area contributed by atoms with E-state index < -0.39 is 0 Å². The van der Waals surface area contributed by atoms with Crippen LogP contribution in [0.4, 0.5) is 0 Å². The van der Waals surface area contributed by atoms with Crippen molar-refractivity contribution in [2.24, 2.45) is 0 Å². The van der Waals surface area contributed by atoms with Gasteiger partial charge in [-0.3, -0.25) is 0 Å². The molecule has 0 aliphatic carbocycles. The van der Waals surface area contributed by atoms with Gasteiger partial charge in [0, 0.05) is 32.8 Å². The molecule has 4 rings (SSSR count). The number of halogens is 1. The van der Waals surface area contributed by atoms with Crippen molar-refractivity contribution in [2.45, 2.75) is 6.54 Å². The molecule has 0 saturated heterocycles. The van der Waals surface area contributed by atoms with Crippen molar-refractivity contribution < 1.29 is 9.47 Å². The number of benzene rings is 3. The number of aromatic nitrogens is 1. The first kappa shape index (κ1) is 16.0. The van der Waals surface area contributed by atoms with E-state index >= 15 is 0 Å². The Morgan fingerprint density at radius 2 is 1.28 bits per heavy atom. The van der Waals surface area contributed by atoms with E-state index in [1.54, 1.807) is 14.2 Å². The molecule has 3 aromatic carbocycles. The summed E-state index contributed by atoms with van der Waals surface area (Å²) in [5, 5.41) is 2.34. The molecule has 0 N–H and O–H groups in total. The summed E-state index contributed by atoms with van der Waals surface area (Å²) in [6.07, 6.45) is 0. The topological polar surface area (TPSA) is 23.4 Å². The molecule has 0 amide bonds. The Hall–Kier alpha value is -2.46. The number of hydrogen-bond donors (Lipinski definition) is 0. The van der Waals surface area contributed by atoms with Crippen molar-refractivity contribution in [3.8, 4) is 11.5 Å². The SMILES string of the molecule is COc1ccc2c(c1)c1cc(OC)ccc1n2Cc1ccc(Br)cc1. The lowest BCUT2D eigenvalue weighted by molar-refractivity contribution is 0.415. The van der Waals surface area contributed by atoms with Crippen LogP contribution in [0.5, 0.6) is 11.5 Å². The maximum atomic E-state index is 5.42. The van der Waals surface area contributed by atoms with Crippen LogP contribution in [0.3, 0.4) is 0 Å². The summed E-state index contributed by atoms with van der Waals surface area (Å²) < 4.78 is 14.3. The smallest absolute Gasteiger partial charge is 0.119 e. The van der Waals surface area contributed by atoms with Gasteiger partial charge in [0.15, 0.2) is 0 Å². The average Bonchev–Trinajstić information content (AvgIpc) is 2.96. The van der Waals surface area contributed by atoms with Crippen molar-refractivity contribution >= 4 is 37.7 Å². The lowest BCUT2D eigenvalue weighted by atomic mass is 10.1. The van der Waals surface area contributed by atoms with Crippen LogP contribution in [0.1, 0.15) is 5.56 Å². The van der Waals surface area contributed by atoms with Gasteiger partial charge >= 0.3 is 0 Å². The van der Waals surface area contributed by atoms with E-state index in [-0.39, 0.29) is 0 Å². The van der Waals surface area contributed by atoms with Gasteiger partial charge in [-0.2, -0.15) is 0 Å². The molecule has 0 radical (unpaired) electrons. The van der Waals surface area contributed by atoms with E-state index in [0.717, 1.165) is 22.5 Å². The summed E-state index contributed by atoms with van der Waals surface area (Å²) in [5.41, 5.74) is 3.63. The Morgan fingerprint density at radius 1 is 0.760 bits per heavy atom. The van der Waals surface area contributed by atoms with Gasteiger partial charge in [-0.25, -0.2) is 0 Å². The van der Waals surface area contributed by atoms with E-state index in [4.69, 9.17) is 9.47 Å². The van der Waals surface area contributed by atoms with Crippen LogP contribution < -0.4 is 9.47 Å². The van der Waals surface area contributed by atoms with E-state index in [2.05, 4.69) is 69.0 Å². The molecule has 126 valence electrons. The Kier molecular flexibility index (Phi) is 4.14. The third-order valence-corrected chi connectivity index (χ3v) is 5.06. The number of fused-ring (bicyclic) bond motifs is 3. The highest BCUT2D eigenvalue weighted by Gasteiger charge is 2.13. The fraction of sp³-hybridized carbons (Fsp3) is 0.143. The zero-order valence-electron chi connectivity index (χ0n) is 14.1. The third kappa shape index (κ3) is 2.87. The zero-order chi connectivity index (χ0) is 17.4. The summed E-state index contributed by atoms with van der Waals surface area (Å²) in [6, 6.07) is 20.9. The Balaban J connectivity index is 1.95. The molecule has 1 aromatic heterocycles. The first-order valence-corrected chi connectivity index (χ1v) is 8.87. The largest absolute Gasteiger partial charge is 0.497 e. The molecular weight excluding hydrogens is 378 g/mol. The molecule has 25 heavy (non-hydrogen) atoms. The molecule has 0 atom stereocenters. The number of rotatable bonds is 4. The van der Waals surface area contributed by atoms with Crippen LogP contribution in [-0.4, -0.2) is 18.8 Å². The highest BCUT2D eigenvalue weighted by atomic mass is 79.9. The molecule has 0 aliphatic rings. The molecule has 4 heteroatoms. The number of ether oxygens (including phenoxy) is 2. The summed E-state index contributed by atoms with van der Waals surface area (Å²) in [4.78, 5) is 0. The predicted molar refractivity (Wildman–Crippen MR) is 106 cm³/mol. The van der Waals surface area contributed by atoms with E-state index in [0.29, 0.717) is 0 Å². The van der Waals surface area contributed by atoms with Gasteiger partial charge in [-0.1, -0.05) is 28.1 Å². The molecule has 0 bridgehead atoms. The minimum atomic E-state index is 0.811. The fourth-order valence-corrected chi connectivity index (χ4v) is 3.52. The first-order chi connectivity index (χ1) is 12.2. The van der Waals surface area contributed by atoms with Crippen molar-refractivity contribution in [1.82, 2.24) is 4.57 Å². The van der Waals surface area contributed by atoms with Crippen LogP contribution in [0.25, 0.3) is 21.8 Å². The van der Waals surface area contributed by atoms with Gasteiger partial charge in [-0.05, 0) is 54.1 Å². The monoisotopic (exact) mass is 395 g/mol. The van der Waals surface area contributed by atoms with Crippen LogP contribution in [0.15, 0.2) is 65.1 Å². The van der Waals surface area contributed by atoms with Crippen molar-refractivity contribution in [3.63, 3.8) is 0 Å². The highest BCUT2D eigenvalue weighted by molar-refractivity contribution is 9.10. The second kappa shape index (κ2) is 6.45. The maximum absolute atomic E-state index is 5.42. The second-order valence-corrected chi connectivity index (χ2v) is 6.89. The molecule has 0 fully saturated rings. The zero-order valence-corrected chi connectivity index (χ0v) is 15.7. The number of methoxy groups -OCH3 is 2. The lowest BCUT2D eigenvalue weighted by Gasteiger charge is -2.09. The van der Waals surface area contributed by atoms with Gasteiger partial charge < -0.3 is 14.0 Å². The minimum Gasteiger partial charge on any atom is -0.497 e. The summed E-state index contributed by atoms with van der Waals surface area (Å²) in [5.74, 6) is 1.72. The van der Waals surface area contributed by atoms with Crippen molar-refractivity contribution in [1.29, 1.82) is 0 Å². The maximum Gasteiger partial charge on any atom is 0.119 e. The number of nitrogens with zero attached hydrogens (tertiary/aromatic N) is 1. The molecule has 0 spiro atoms. The molecule has 1 heterocycles. The summed E-state index contributed by atoms with van der Waals surface area (Å²) in [6.45, 7) is 0.811. The van der Waals surface area contributed by atoms with Gasteiger partial charge in [0.2, 0.25) is 0 Å². The van der Waals surface area contributed by atoms with E-state index in [1.807, 2.05) is 12.1 Å². The van der Waals surface area contributed by atoms with Crippen molar-refractivity contribution in [3.05, 3.63) is 70.7 Å². The minimum absolute atomic E-state index is 0.811. The molecule has 3 nitrogen and oxygen atoms in total. The summed E-state index contributed by atoms with van der Waals surface area (Å²) in [7, 11) is 3.39. The van der Waals surface area contributed by atoms with Gasteiger partial charge in [-0.15, -0.1) is 0 Å². The normalized spacial score (nSPS) is 11.2. The third-order valence-electron chi connectivity index (χ3n) is 4.53. The highest BCUT2D eigenvalue weighted by Crippen LogP contribution is 2.34. The predicted octanol–water partition coefficient (Wildman–Crippen LogP) is 5.62. The molecular formula is C21H18BrNO2. The van der Waals surface area contributed by atoms with Gasteiger partial charge in [0.25, 0.3) is 0 Å². The van der Waals surface area contributed by atoms with Crippen LogP contribution in [0.2, 0.25) is 0 Å². The Labute approximate surface area is 154 Å². The van der Waals surface area contributed by atoms with Crippen LogP contribution in [-0.2, 0) is 6.54 Å². The summed E-state index contributed by atoms with van der Waals surface area (Å²) >= 11 is 3.50. The quantitative estimate of drug-likeness (QED) is 0.447. The number of hydrogen-bond acceptors (Lipinski definition) is 2. The molecule has 0 aliphatic heterocycles. The lowest BCUT2D eigenvalue weighted by Crippen LogP contribution is -1.99. The van der Waals surface area contributed by atoms with E-state index in [1.165, 1.54) is 27.4 Å². The van der Waals surface area contributed by atoms with Crippen molar-refractivity contribution in [2.75, 3.05) is 14.2 Å². The van der Waals surface area contributed by atoms with Crippen LogP contribution in [0, 0.1) is 0 Å².